The van der Waals surface area contributed by atoms with Gasteiger partial charge in [0.1, 0.15) is 18.0 Å². The Bertz CT molecular complexity index is 885. The molecule has 1 aromatic carbocycles. The highest BCUT2D eigenvalue weighted by molar-refractivity contribution is 5.86. The first kappa shape index (κ1) is 15.7. The molecule has 0 bridgehead atoms. The average molecular weight is 339 g/mol. The van der Waals surface area contributed by atoms with Crippen LogP contribution in [0.15, 0.2) is 42.6 Å². The Labute approximate surface area is 144 Å². The van der Waals surface area contributed by atoms with Gasteiger partial charge in [-0.3, -0.25) is 4.98 Å². The third-order valence-electron chi connectivity index (χ3n) is 4.53. The predicted octanol–water partition coefficient (Wildman–Crippen LogP) is 4.06. The van der Waals surface area contributed by atoms with Gasteiger partial charge in [0.05, 0.1) is 11.2 Å². The number of alkyl halides is 1. The number of hydrogen-bond donors (Lipinski definition) is 1. The number of phenolic OH excluding ortho intramolecular Hbond substituents is 1. The third kappa shape index (κ3) is 3.24. The molecule has 1 fully saturated rings. The van der Waals surface area contributed by atoms with Gasteiger partial charge in [0.25, 0.3) is 0 Å². The van der Waals surface area contributed by atoms with Crippen LogP contribution in [-0.4, -0.2) is 32.6 Å². The molecule has 25 heavy (non-hydrogen) atoms. The molecule has 5 nitrogen and oxygen atoms in total. The summed E-state index contributed by atoms with van der Waals surface area (Å²) in [6.45, 7) is 0. The average Bonchev–Trinajstić information content (AvgIpc) is 2.64. The van der Waals surface area contributed by atoms with Crippen molar-refractivity contribution in [2.45, 2.75) is 38.0 Å². The van der Waals surface area contributed by atoms with E-state index in [0.29, 0.717) is 30.0 Å². The lowest BCUT2D eigenvalue weighted by molar-refractivity contribution is 0.0594. The van der Waals surface area contributed by atoms with Crippen LogP contribution in [0.1, 0.15) is 25.7 Å². The Kier molecular flexibility index (Phi) is 4.17. The Morgan fingerprint density at radius 2 is 1.96 bits per heavy atom. The van der Waals surface area contributed by atoms with Crippen LogP contribution in [-0.2, 0) is 0 Å². The van der Waals surface area contributed by atoms with Crippen LogP contribution in [0.25, 0.3) is 22.2 Å². The van der Waals surface area contributed by atoms with Gasteiger partial charge in [0.15, 0.2) is 0 Å². The topological polar surface area (TPSA) is 68.1 Å². The van der Waals surface area contributed by atoms with Crippen LogP contribution in [0.5, 0.6) is 11.6 Å². The summed E-state index contributed by atoms with van der Waals surface area (Å²) in [6.07, 6.45) is 3.40. The molecule has 1 N–H and O–H groups in total. The van der Waals surface area contributed by atoms with E-state index in [2.05, 4.69) is 15.2 Å². The van der Waals surface area contributed by atoms with Crippen molar-refractivity contribution in [2.24, 2.45) is 0 Å². The highest BCUT2D eigenvalue weighted by Crippen LogP contribution is 2.32. The minimum atomic E-state index is -0.953. The van der Waals surface area contributed by atoms with Gasteiger partial charge in [-0.25, -0.2) is 4.39 Å². The van der Waals surface area contributed by atoms with Crippen molar-refractivity contribution in [2.75, 3.05) is 0 Å². The molecular weight excluding hydrogens is 321 g/mol. The maximum absolute atomic E-state index is 13.9. The molecule has 0 radical (unpaired) electrons. The molecule has 2 aromatic heterocycles. The van der Waals surface area contributed by atoms with E-state index in [-0.39, 0.29) is 5.75 Å². The summed E-state index contributed by atoms with van der Waals surface area (Å²) in [5, 5.41) is 19.3. The van der Waals surface area contributed by atoms with Gasteiger partial charge < -0.3 is 9.84 Å². The fourth-order valence-corrected chi connectivity index (χ4v) is 3.18. The van der Waals surface area contributed by atoms with E-state index in [4.69, 9.17) is 4.74 Å². The minimum Gasteiger partial charge on any atom is -0.507 e. The summed E-state index contributed by atoms with van der Waals surface area (Å²) in [5.74, 6) is 0.413. The number of pyridine rings is 1. The highest BCUT2D eigenvalue weighted by atomic mass is 19.1. The van der Waals surface area contributed by atoms with Gasteiger partial charge in [-0.2, -0.15) is 0 Å². The summed E-state index contributed by atoms with van der Waals surface area (Å²) in [7, 11) is 0. The van der Waals surface area contributed by atoms with Crippen molar-refractivity contribution in [1.82, 2.24) is 15.2 Å². The molecule has 0 amide bonds. The van der Waals surface area contributed by atoms with Crippen molar-refractivity contribution in [3.63, 3.8) is 0 Å². The minimum absolute atomic E-state index is 0.111. The van der Waals surface area contributed by atoms with Crippen LogP contribution in [0, 0.1) is 0 Å². The zero-order chi connectivity index (χ0) is 17.2. The SMILES string of the molecule is Oc1cc2cccnc2cc1-c1ccc(O[C@H]2CCCC[C@H]2F)nn1. The zero-order valence-corrected chi connectivity index (χ0v) is 13.6. The number of rotatable bonds is 3. The van der Waals surface area contributed by atoms with E-state index >= 15 is 0 Å². The van der Waals surface area contributed by atoms with E-state index in [1.165, 1.54) is 0 Å². The molecule has 0 unspecified atom stereocenters. The largest absolute Gasteiger partial charge is 0.507 e. The second-order valence-corrected chi connectivity index (χ2v) is 6.28. The molecule has 0 spiro atoms. The van der Waals surface area contributed by atoms with Gasteiger partial charge in [-0.1, -0.05) is 12.5 Å². The monoisotopic (exact) mass is 339 g/mol. The van der Waals surface area contributed by atoms with Crippen LogP contribution in [0.2, 0.25) is 0 Å². The molecule has 4 rings (SSSR count). The summed E-state index contributed by atoms with van der Waals surface area (Å²) in [5.41, 5.74) is 1.82. The fourth-order valence-electron chi connectivity index (χ4n) is 3.18. The molecular formula is C19H18FN3O2. The van der Waals surface area contributed by atoms with Crippen molar-refractivity contribution in [3.8, 4) is 22.9 Å². The normalized spacial score (nSPS) is 20.5. The standard InChI is InChI=1S/C19H18FN3O2/c20-14-5-1-2-6-18(14)25-19-8-7-15(22-23-19)13-11-16-12(10-17(13)24)4-3-9-21-16/h3-4,7-11,14,18,24H,1-2,5-6H2/t14-,18+/m1/s1. The van der Waals surface area contributed by atoms with Crippen molar-refractivity contribution < 1.29 is 14.2 Å². The third-order valence-corrected chi connectivity index (χ3v) is 4.53. The van der Waals surface area contributed by atoms with E-state index in [0.717, 1.165) is 23.7 Å². The first-order valence-electron chi connectivity index (χ1n) is 8.43. The number of benzene rings is 1. The second kappa shape index (κ2) is 6.63. The van der Waals surface area contributed by atoms with Crippen molar-refractivity contribution in [1.29, 1.82) is 0 Å². The molecule has 1 aliphatic rings. The van der Waals surface area contributed by atoms with Crippen LogP contribution < -0.4 is 4.74 Å². The van der Waals surface area contributed by atoms with E-state index in [1.54, 1.807) is 30.5 Å². The fraction of sp³-hybridized carbons (Fsp3) is 0.316. The number of halogens is 1. The predicted molar refractivity (Wildman–Crippen MR) is 92.2 cm³/mol. The number of fused-ring (bicyclic) bond motifs is 1. The Morgan fingerprint density at radius 1 is 1.08 bits per heavy atom. The molecule has 0 aliphatic heterocycles. The summed E-state index contributed by atoms with van der Waals surface area (Å²) in [4.78, 5) is 4.29. The van der Waals surface area contributed by atoms with Gasteiger partial charge in [0.2, 0.25) is 5.88 Å². The number of ether oxygens (including phenoxy) is 1. The lowest BCUT2D eigenvalue weighted by Crippen LogP contribution is -2.32. The van der Waals surface area contributed by atoms with Gasteiger partial charge in [-0.15, -0.1) is 10.2 Å². The Hall–Kier alpha value is -2.76. The first-order chi connectivity index (χ1) is 12.2. The lowest BCUT2D eigenvalue weighted by atomic mass is 9.96. The maximum Gasteiger partial charge on any atom is 0.233 e. The second-order valence-electron chi connectivity index (χ2n) is 6.28. The molecule has 1 aliphatic carbocycles. The molecule has 128 valence electrons. The van der Waals surface area contributed by atoms with E-state index in [9.17, 15) is 9.50 Å². The van der Waals surface area contributed by atoms with E-state index in [1.807, 2.05) is 12.1 Å². The lowest BCUT2D eigenvalue weighted by Gasteiger charge is -2.25. The van der Waals surface area contributed by atoms with Crippen LogP contribution in [0.3, 0.4) is 0 Å². The number of phenols is 1. The Balaban J connectivity index is 1.58. The number of aromatic nitrogens is 3. The number of nitrogens with zero attached hydrogens (tertiary/aromatic N) is 3. The molecule has 2 heterocycles. The number of hydrogen-bond acceptors (Lipinski definition) is 5. The summed E-state index contributed by atoms with van der Waals surface area (Å²) < 4.78 is 19.5. The van der Waals surface area contributed by atoms with Crippen LogP contribution >= 0.6 is 0 Å². The van der Waals surface area contributed by atoms with Crippen molar-refractivity contribution >= 4 is 10.9 Å². The Morgan fingerprint density at radius 3 is 2.76 bits per heavy atom. The molecule has 2 atom stereocenters. The molecule has 3 aromatic rings. The van der Waals surface area contributed by atoms with Gasteiger partial charge >= 0.3 is 0 Å². The van der Waals surface area contributed by atoms with E-state index < -0.39 is 12.3 Å². The maximum atomic E-state index is 13.9. The van der Waals surface area contributed by atoms with Gasteiger partial charge in [-0.05, 0) is 43.5 Å². The highest BCUT2D eigenvalue weighted by Gasteiger charge is 2.26. The molecule has 1 saturated carbocycles. The molecule has 6 heteroatoms. The molecule has 0 saturated heterocycles. The van der Waals surface area contributed by atoms with Gasteiger partial charge in [0, 0.05) is 23.2 Å². The summed E-state index contributed by atoms with van der Waals surface area (Å²) in [6, 6.07) is 10.5. The smallest absolute Gasteiger partial charge is 0.233 e. The summed E-state index contributed by atoms with van der Waals surface area (Å²) >= 11 is 0. The van der Waals surface area contributed by atoms with Crippen LogP contribution in [0.4, 0.5) is 4.39 Å². The number of aromatic hydroxyl groups is 1. The van der Waals surface area contributed by atoms with Crippen molar-refractivity contribution in [3.05, 3.63) is 42.6 Å². The first-order valence-corrected chi connectivity index (χ1v) is 8.43. The zero-order valence-electron chi connectivity index (χ0n) is 13.6. The quantitative estimate of drug-likeness (QED) is 0.779.